The van der Waals surface area contributed by atoms with Crippen molar-refractivity contribution in [3.05, 3.63) is 72.3 Å². The summed E-state index contributed by atoms with van der Waals surface area (Å²) in [6, 6.07) is 25.1. The van der Waals surface area contributed by atoms with Gasteiger partial charge in [0.05, 0.1) is 11.6 Å². The van der Waals surface area contributed by atoms with Gasteiger partial charge in [0.25, 0.3) is 0 Å². The highest BCUT2D eigenvalue weighted by Gasteiger charge is 2.10. The number of rotatable bonds is 1. The summed E-state index contributed by atoms with van der Waals surface area (Å²) >= 11 is 1.74. The fourth-order valence-electron chi connectivity index (χ4n) is 2.65. The highest BCUT2D eigenvalue weighted by atomic mass is 32.1. The molecule has 1 nitrogen and oxygen atoms in total. The molecule has 0 fully saturated rings. The van der Waals surface area contributed by atoms with E-state index in [9.17, 15) is 5.26 Å². The highest BCUT2D eigenvalue weighted by Crippen LogP contribution is 2.36. The van der Waals surface area contributed by atoms with Crippen LogP contribution in [0.5, 0.6) is 0 Å². The van der Waals surface area contributed by atoms with Crippen molar-refractivity contribution in [1.29, 1.82) is 5.26 Å². The predicted molar refractivity (Wildman–Crippen MR) is 89.5 cm³/mol. The van der Waals surface area contributed by atoms with Gasteiger partial charge in [-0.2, -0.15) is 5.26 Å². The molecule has 0 aliphatic rings. The van der Waals surface area contributed by atoms with E-state index in [1.807, 2.05) is 36.4 Å². The quantitative estimate of drug-likeness (QED) is 0.447. The molecule has 0 saturated heterocycles. The van der Waals surface area contributed by atoms with Gasteiger partial charge in [-0.25, -0.2) is 0 Å². The van der Waals surface area contributed by atoms with Gasteiger partial charge in [-0.05, 0) is 40.4 Å². The second-order valence-electron chi connectivity index (χ2n) is 5.01. The Morgan fingerprint density at radius 3 is 2.14 bits per heavy atom. The Labute approximate surface area is 126 Å². The molecular formula is C19H11NS. The first-order chi connectivity index (χ1) is 10.3. The summed E-state index contributed by atoms with van der Waals surface area (Å²) in [7, 11) is 0. The normalized spacial score (nSPS) is 10.8. The SMILES string of the molecule is N#Cc1cc2ccccc2cc1-c1cc2ccccc2s1. The average molecular weight is 285 g/mol. The lowest BCUT2D eigenvalue weighted by molar-refractivity contribution is 1.50. The summed E-state index contributed by atoms with van der Waals surface area (Å²) in [6.45, 7) is 0. The van der Waals surface area contributed by atoms with Crippen molar-refractivity contribution in [1.82, 2.24) is 0 Å². The molecule has 0 aliphatic carbocycles. The molecule has 4 rings (SSSR count). The summed E-state index contributed by atoms with van der Waals surface area (Å²) in [5.74, 6) is 0. The molecule has 1 aromatic heterocycles. The second-order valence-corrected chi connectivity index (χ2v) is 6.09. The van der Waals surface area contributed by atoms with Crippen molar-refractivity contribution in [3.8, 4) is 16.5 Å². The number of benzene rings is 3. The first-order valence-electron chi connectivity index (χ1n) is 6.77. The zero-order chi connectivity index (χ0) is 14.2. The molecule has 21 heavy (non-hydrogen) atoms. The Kier molecular flexibility index (Phi) is 2.73. The van der Waals surface area contributed by atoms with Crippen LogP contribution < -0.4 is 0 Å². The fourth-order valence-corrected chi connectivity index (χ4v) is 3.74. The maximum atomic E-state index is 9.47. The number of fused-ring (bicyclic) bond motifs is 2. The van der Waals surface area contributed by atoms with Crippen LogP contribution in [0.25, 0.3) is 31.3 Å². The van der Waals surface area contributed by atoms with E-state index in [-0.39, 0.29) is 0 Å². The van der Waals surface area contributed by atoms with Crippen LogP contribution in [0.4, 0.5) is 0 Å². The summed E-state index contributed by atoms with van der Waals surface area (Å²) in [5, 5.41) is 13.0. The van der Waals surface area contributed by atoms with Crippen molar-refractivity contribution < 1.29 is 0 Å². The third-order valence-corrected chi connectivity index (χ3v) is 4.85. The van der Waals surface area contributed by atoms with E-state index in [2.05, 4.69) is 36.4 Å². The average Bonchev–Trinajstić information content (AvgIpc) is 2.97. The summed E-state index contributed by atoms with van der Waals surface area (Å²) in [4.78, 5) is 1.15. The number of hydrogen-bond acceptors (Lipinski definition) is 2. The molecule has 2 heteroatoms. The maximum Gasteiger partial charge on any atom is 0.0998 e. The van der Waals surface area contributed by atoms with Crippen molar-refractivity contribution in [3.63, 3.8) is 0 Å². The zero-order valence-electron chi connectivity index (χ0n) is 11.2. The van der Waals surface area contributed by atoms with Crippen LogP contribution in [0.15, 0.2) is 66.7 Å². The van der Waals surface area contributed by atoms with Crippen molar-refractivity contribution >= 4 is 32.2 Å². The number of nitrogens with zero attached hydrogens (tertiary/aromatic N) is 1. The summed E-state index contributed by atoms with van der Waals surface area (Å²) < 4.78 is 1.25. The second kappa shape index (κ2) is 4.73. The van der Waals surface area contributed by atoms with Crippen molar-refractivity contribution in [2.75, 3.05) is 0 Å². The number of thiophene rings is 1. The molecule has 0 bridgehead atoms. The Hall–Kier alpha value is -2.63. The molecule has 1 heterocycles. The Morgan fingerprint density at radius 2 is 1.43 bits per heavy atom. The molecular weight excluding hydrogens is 274 g/mol. The monoisotopic (exact) mass is 285 g/mol. The van der Waals surface area contributed by atoms with Gasteiger partial charge in [-0.1, -0.05) is 42.5 Å². The van der Waals surface area contributed by atoms with Gasteiger partial charge in [0.1, 0.15) is 0 Å². The molecule has 0 amide bonds. The standard InChI is InChI=1S/C19H11NS/c20-12-16-9-13-5-1-2-6-14(13)10-17(16)19-11-15-7-3-4-8-18(15)21-19/h1-11H. The largest absolute Gasteiger partial charge is 0.192 e. The van der Waals surface area contributed by atoms with Crippen LogP contribution in [0.2, 0.25) is 0 Å². The van der Waals surface area contributed by atoms with Crippen LogP contribution in [0.3, 0.4) is 0 Å². The molecule has 0 unspecified atom stereocenters. The smallest absolute Gasteiger partial charge is 0.0998 e. The highest BCUT2D eigenvalue weighted by molar-refractivity contribution is 7.22. The van der Waals surface area contributed by atoms with E-state index in [4.69, 9.17) is 0 Å². The molecule has 0 aliphatic heterocycles. The van der Waals surface area contributed by atoms with Gasteiger partial charge in [0.2, 0.25) is 0 Å². The maximum absolute atomic E-state index is 9.47. The van der Waals surface area contributed by atoms with Crippen molar-refractivity contribution in [2.45, 2.75) is 0 Å². The minimum atomic E-state index is 0.736. The number of nitriles is 1. The lowest BCUT2D eigenvalue weighted by Crippen LogP contribution is -1.83. The van der Waals surface area contributed by atoms with Gasteiger partial charge in [-0.3, -0.25) is 0 Å². The van der Waals surface area contributed by atoms with Gasteiger partial charge < -0.3 is 0 Å². The van der Waals surface area contributed by atoms with Gasteiger partial charge in [-0.15, -0.1) is 11.3 Å². The predicted octanol–water partition coefficient (Wildman–Crippen LogP) is 5.59. The minimum absolute atomic E-state index is 0.736. The third kappa shape index (κ3) is 1.99. The first-order valence-corrected chi connectivity index (χ1v) is 7.59. The molecule has 0 radical (unpaired) electrons. The molecule has 4 aromatic rings. The Bertz CT molecular complexity index is 972. The lowest BCUT2D eigenvalue weighted by atomic mass is 10.0. The van der Waals surface area contributed by atoms with Gasteiger partial charge in [0, 0.05) is 15.1 Å². The zero-order valence-corrected chi connectivity index (χ0v) is 12.0. The first kappa shape index (κ1) is 12.1. The van der Waals surface area contributed by atoms with Crippen LogP contribution in [-0.2, 0) is 0 Å². The van der Waals surface area contributed by atoms with Crippen molar-refractivity contribution in [2.24, 2.45) is 0 Å². The molecule has 0 spiro atoms. The Balaban J connectivity index is 2.02. The van der Waals surface area contributed by atoms with E-state index < -0.39 is 0 Å². The third-order valence-electron chi connectivity index (χ3n) is 3.70. The van der Waals surface area contributed by atoms with Crippen LogP contribution in [0, 0.1) is 11.3 Å². The van der Waals surface area contributed by atoms with E-state index in [0.717, 1.165) is 21.4 Å². The van der Waals surface area contributed by atoms with Crippen LogP contribution in [0.1, 0.15) is 5.56 Å². The van der Waals surface area contributed by atoms with Gasteiger partial charge in [0.15, 0.2) is 0 Å². The molecule has 0 atom stereocenters. The molecule has 98 valence electrons. The van der Waals surface area contributed by atoms with E-state index in [0.29, 0.717) is 0 Å². The van der Waals surface area contributed by atoms with Gasteiger partial charge >= 0.3 is 0 Å². The van der Waals surface area contributed by atoms with E-state index >= 15 is 0 Å². The molecule has 0 saturated carbocycles. The minimum Gasteiger partial charge on any atom is -0.192 e. The van der Waals surface area contributed by atoms with Crippen LogP contribution in [-0.4, -0.2) is 0 Å². The lowest BCUT2D eigenvalue weighted by Gasteiger charge is -2.04. The summed E-state index contributed by atoms with van der Waals surface area (Å²) in [6.07, 6.45) is 0. The molecule has 3 aromatic carbocycles. The Morgan fingerprint density at radius 1 is 0.762 bits per heavy atom. The number of hydrogen-bond donors (Lipinski definition) is 0. The summed E-state index contributed by atoms with van der Waals surface area (Å²) in [5.41, 5.74) is 1.76. The van der Waals surface area contributed by atoms with Crippen LogP contribution >= 0.6 is 11.3 Å². The molecule has 0 N–H and O–H groups in total. The van der Waals surface area contributed by atoms with E-state index in [1.165, 1.54) is 15.5 Å². The fraction of sp³-hybridized carbons (Fsp3) is 0. The topological polar surface area (TPSA) is 23.8 Å². The van der Waals surface area contributed by atoms with E-state index in [1.54, 1.807) is 11.3 Å².